The summed E-state index contributed by atoms with van der Waals surface area (Å²) >= 11 is 12.4. The van der Waals surface area contributed by atoms with Crippen molar-refractivity contribution < 1.29 is 14.3 Å². The quantitative estimate of drug-likeness (QED) is 0.818. The van der Waals surface area contributed by atoms with E-state index in [-0.39, 0.29) is 12.1 Å². The van der Waals surface area contributed by atoms with Gasteiger partial charge in [-0.05, 0) is 43.3 Å². The second kappa shape index (κ2) is 5.71. The minimum atomic E-state index is -0.855. The van der Waals surface area contributed by atoms with Crippen molar-refractivity contribution in [2.45, 2.75) is 25.1 Å². The van der Waals surface area contributed by atoms with E-state index in [0.29, 0.717) is 27.9 Å². The van der Waals surface area contributed by atoms with Gasteiger partial charge in [-0.3, -0.25) is 4.90 Å². The molecule has 1 saturated heterocycles. The molecule has 1 fully saturated rings. The smallest absolute Gasteiger partial charge is 0.325 e. The number of rotatable bonds is 2. The molecule has 2 amide bonds. The van der Waals surface area contributed by atoms with E-state index in [1.807, 2.05) is 31.2 Å². The molecule has 0 unspecified atom stereocenters. The predicted molar refractivity (Wildman–Crippen MR) is 96.9 cm³/mol. The van der Waals surface area contributed by atoms with Crippen molar-refractivity contribution in [2.24, 2.45) is 0 Å². The summed E-state index contributed by atoms with van der Waals surface area (Å²) in [4.78, 5) is 14.4. The average molecular weight is 379 g/mol. The fourth-order valence-corrected chi connectivity index (χ4v) is 4.06. The summed E-state index contributed by atoms with van der Waals surface area (Å²) in [6.45, 7) is 1.89. The van der Waals surface area contributed by atoms with Crippen LogP contribution in [0.1, 0.15) is 24.9 Å². The van der Waals surface area contributed by atoms with Gasteiger partial charge in [0.1, 0.15) is 11.5 Å². The minimum Gasteiger partial charge on any atom is -0.497 e. The Morgan fingerprint density at radius 2 is 2.00 bits per heavy atom. The molecule has 2 atom stereocenters. The number of ether oxygens (including phenoxy) is 2. The molecule has 0 saturated carbocycles. The second-order valence-corrected chi connectivity index (χ2v) is 7.17. The third kappa shape index (κ3) is 2.58. The van der Waals surface area contributed by atoms with Crippen LogP contribution in [0.5, 0.6) is 11.5 Å². The molecule has 0 aliphatic carbocycles. The SMILES string of the molecule is COc1ccc(N2C(=O)N[C@H]3C[C@@]2(C)Oc2c(Cl)cc(Cl)cc23)cc1. The van der Waals surface area contributed by atoms with Gasteiger partial charge in [-0.2, -0.15) is 0 Å². The predicted octanol–water partition coefficient (Wildman–Crippen LogP) is 4.77. The Kier molecular flexibility index (Phi) is 3.74. The highest BCUT2D eigenvalue weighted by molar-refractivity contribution is 6.35. The van der Waals surface area contributed by atoms with Gasteiger partial charge in [-0.25, -0.2) is 4.79 Å². The molecular weight excluding hydrogens is 363 g/mol. The standard InChI is InChI=1S/C18H16Cl2N2O3/c1-18-9-15(13-7-10(19)8-14(20)16(13)25-18)21-17(23)22(18)11-3-5-12(24-2)6-4-11/h3-8,15H,9H2,1-2H3,(H,21,23)/t15-,18+/m0/s1. The lowest BCUT2D eigenvalue weighted by molar-refractivity contribution is 0.0380. The lowest BCUT2D eigenvalue weighted by atomic mass is 9.90. The van der Waals surface area contributed by atoms with Crippen LogP contribution in [0, 0.1) is 0 Å². The number of carbonyl (C=O) groups is 1. The Bertz CT molecular complexity index is 856. The summed E-state index contributed by atoms with van der Waals surface area (Å²) < 4.78 is 11.4. The molecule has 5 nitrogen and oxygen atoms in total. The first kappa shape index (κ1) is 16.4. The Labute approximate surface area is 155 Å². The fourth-order valence-electron chi connectivity index (χ4n) is 3.51. The molecule has 0 spiro atoms. The van der Waals surface area contributed by atoms with Crippen LogP contribution in [0.2, 0.25) is 10.0 Å². The number of hydrogen-bond donors (Lipinski definition) is 1. The van der Waals surface area contributed by atoms with E-state index in [9.17, 15) is 4.79 Å². The highest BCUT2D eigenvalue weighted by Crippen LogP contribution is 2.49. The van der Waals surface area contributed by atoms with Gasteiger partial charge in [0.25, 0.3) is 0 Å². The lowest BCUT2D eigenvalue weighted by Gasteiger charge is -2.50. The molecule has 0 radical (unpaired) electrons. The van der Waals surface area contributed by atoms with Crippen LogP contribution in [0.15, 0.2) is 36.4 Å². The molecule has 0 aromatic heterocycles. The zero-order valence-electron chi connectivity index (χ0n) is 13.7. The minimum absolute atomic E-state index is 0.202. The van der Waals surface area contributed by atoms with Crippen LogP contribution in [0.3, 0.4) is 0 Å². The number of urea groups is 1. The third-order valence-electron chi connectivity index (χ3n) is 4.62. The van der Waals surface area contributed by atoms with E-state index in [1.165, 1.54) is 0 Å². The van der Waals surface area contributed by atoms with Crippen LogP contribution >= 0.6 is 23.2 Å². The number of nitrogens with zero attached hydrogens (tertiary/aromatic N) is 1. The molecule has 1 N–H and O–H groups in total. The van der Waals surface area contributed by atoms with Gasteiger partial charge in [0.05, 0.1) is 18.2 Å². The van der Waals surface area contributed by atoms with E-state index in [1.54, 1.807) is 24.1 Å². The number of anilines is 1. The maximum absolute atomic E-state index is 12.8. The maximum Gasteiger partial charge on any atom is 0.325 e. The van der Waals surface area contributed by atoms with Crippen LogP contribution in [0.4, 0.5) is 10.5 Å². The van der Waals surface area contributed by atoms with Crippen molar-refractivity contribution in [2.75, 3.05) is 12.0 Å². The number of amides is 2. The molecule has 130 valence electrons. The third-order valence-corrected chi connectivity index (χ3v) is 5.12. The second-order valence-electron chi connectivity index (χ2n) is 6.32. The van der Waals surface area contributed by atoms with E-state index in [0.717, 1.165) is 11.3 Å². The Morgan fingerprint density at radius 3 is 2.68 bits per heavy atom. The number of benzene rings is 2. The van der Waals surface area contributed by atoms with Gasteiger partial charge < -0.3 is 14.8 Å². The van der Waals surface area contributed by atoms with Crippen molar-refractivity contribution in [3.05, 3.63) is 52.0 Å². The van der Waals surface area contributed by atoms with Gasteiger partial charge in [0.15, 0.2) is 5.72 Å². The average Bonchev–Trinajstić information content (AvgIpc) is 2.56. The van der Waals surface area contributed by atoms with Crippen LogP contribution in [-0.4, -0.2) is 18.9 Å². The molecule has 2 aliphatic rings. The molecule has 25 heavy (non-hydrogen) atoms. The van der Waals surface area contributed by atoms with Crippen molar-refractivity contribution in [3.8, 4) is 11.5 Å². The number of fused-ring (bicyclic) bond motifs is 4. The maximum atomic E-state index is 12.8. The fraction of sp³-hybridized carbons (Fsp3) is 0.278. The normalized spacial score (nSPS) is 24.2. The van der Waals surface area contributed by atoms with E-state index < -0.39 is 5.72 Å². The Balaban J connectivity index is 1.78. The van der Waals surface area contributed by atoms with Crippen molar-refractivity contribution in [1.29, 1.82) is 0 Å². The largest absolute Gasteiger partial charge is 0.497 e. The number of halogens is 2. The molecule has 7 heteroatoms. The van der Waals surface area contributed by atoms with Gasteiger partial charge in [-0.15, -0.1) is 0 Å². The molecule has 2 heterocycles. The van der Waals surface area contributed by atoms with E-state index in [4.69, 9.17) is 32.7 Å². The monoisotopic (exact) mass is 378 g/mol. The highest BCUT2D eigenvalue weighted by atomic mass is 35.5. The molecule has 2 aromatic carbocycles. The number of carbonyl (C=O) groups excluding carboxylic acids is 1. The summed E-state index contributed by atoms with van der Waals surface area (Å²) in [5.74, 6) is 1.28. The van der Waals surface area contributed by atoms with Gasteiger partial charge >= 0.3 is 6.03 Å². The first-order valence-electron chi connectivity index (χ1n) is 7.84. The topological polar surface area (TPSA) is 50.8 Å². The van der Waals surface area contributed by atoms with Crippen LogP contribution in [0.25, 0.3) is 0 Å². The summed E-state index contributed by atoms with van der Waals surface area (Å²) in [7, 11) is 1.60. The van der Waals surface area contributed by atoms with Crippen molar-refractivity contribution in [3.63, 3.8) is 0 Å². The highest BCUT2D eigenvalue weighted by Gasteiger charge is 2.50. The van der Waals surface area contributed by atoms with Crippen molar-refractivity contribution >= 4 is 34.9 Å². The van der Waals surface area contributed by atoms with Crippen molar-refractivity contribution in [1.82, 2.24) is 5.32 Å². The molecule has 2 bridgehead atoms. The van der Waals surface area contributed by atoms with Gasteiger partial charge in [0, 0.05) is 22.7 Å². The summed E-state index contributed by atoms with van der Waals surface area (Å²) in [6.07, 6.45) is 0.578. The summed E-state index contributed by atoms with van der Waals surface area (Å²) in [5, 5.41) is 3.97. The molecule has 2 aromatic rings. The number of hydrogen-bond acceptors (Lipinski definition) is 3. The van der Waals surface area contributed by atoms with Crippen LogP contribution < -0.4 is 19.7 Å². The summed E-state index contributed by atoms with van der Waals surface area (Å²) in [6, 6.07) is 10.3. The zero-order valence-corrected chi connectivity index (χ0v) is 15.2. The van der Waals surface area contributed by atoms with Gasteiger partial charge in [-0.1, -0.05) is 23.2 Å². The number of methoxy groups -OCH3 is 1. The molecule has 4 rings (SSSR count). The number of nitrogens with one attached hydrogen (secondary N) is 1. The zero-order chi connectivity index (χ0) is 17.8. The lowest BCUT2D eigenvalue weighted by Crippen LogP contribution is -2.65. The van der Waals surface area contributed by atoms with Gasteiger partial charge in [0.2, 0.25) is 0 Å². The van der Waals surface area contributed by atoms with E-state index in [2.05, 4.69) is 5.32 Å². The first-order chi connectivity index (χ1) is 11.9. The first-order valence-corrected chi connectivity index (χ1v) is 8.59. The molecule has 2 aliphatic heterocycles. The van der Waals surface area contributed by atoms with E-state index >= 15 is 0 Å². The Hall–Kier alpha value is -2.11. The molecular formula is C18H16Cl2N2O3. The van der Waals surface area contributed by atoms with Crippen LogP contribution in [-0.2, 0) is 0 Å². The summed E-state index contributed by atoms with van der Waals surface area (Å²) in [5.41, 5.74) is 0.664. The Morgan fingerprint density at radius 1 is 1.28 bits per heavy atom.